The first kappa shape index (κ1) is 8.25. The van der Waals surface area contributed by atoms with Crippen molar-refractivity contribution in [3.8, 4) is 0 Å². The van der Waals surface area contributed by atoms with Crippen molar-refractivity contribution in [2.75, 3.05) is 6.61 Å². The maximum absolute atomic E-state index is 5.69. The highest BCUT2D eigenvalue weighted by atomic mass is 16.6. The van der Waals surface area contributed by atoms with Gasteiger partial charge in [-0.15, -0.1) is 0 Å². The van der Waals surface area contributed by atoms with Gasteiger partial charge in [0.25, 0.3) is 0 Å². The maximum atomic E-state index is 5.69. The summed E-state index contributed by atoms with van der Waals surface area (Å²) in [5, 5.41) is 0. The van der Waals surface area contributed by atoms with Crippen molar-refractivity contribution < 1.29 is 9.47 Å². The topological polar surface area (TPSA) is 21.8 Å². The fraction of sp³-hybridized carbons (Fsp3) is 1.00. The molecule has 2 saturated heterocycles. The van der Waals surface area contributed by atoms with Crippen LogP contribution in [-0.4, -0.2) is 24.4 Å². The Morgan fingerprint density at radius 2 is 2.23 bits per heavy atom. The van der Waals surface area contributed by atoms with Crippen LogP contribution in [0.2, 0.25) is 0 Å². The molecule has 0 N–H and O–H groups in total. The van der Waals surface area contributed by atoms with Crippen molar-refractivity contribution in [2.24, 2.45) is 11.8 Å². The van der Waals surface area contributed by atoms with Gasteiger partial charge in [-0.1, -0.05) is 6.92 Å². The van der Waals surface area contributed by atoms with E-state index in [2.05, 4.69) is 13.8 Å². The lowest BCUT2D eigenvalue weighted by atomic mass is 9.75. The first-order chi connectivity index (χ1) is 6.19. The van der Waals surface area contributed by atoms with Crippen LogP contribution in [0.1, 0.15) is 33.1 Å². The molecule has 0 aromatic carbocycles. The van der Waals surface area contributed by atoms with Crippen LogP contribution in [-0.2, 0) is 9.47 Å². The minimum Gasteiger partial charge on any atom is -0.377 e. The molecule has 2 aliphatic heterocycles. The summed E-state index contributed by atoms with van der Waals surface area (Å²) in [5.74, 6) is 1.57. The van der Waals surface area contributed by atoms with Crippen LogP contribution in [0.3, 0.4) is 0 Å². The predicted molar refractivity (Wildman–Crippen MR) is 49.5 cm³/mol. The lowest BCUT2D eigenvalue weighted by Crippen LogP contribution is -2.45. The molecule has 0 aromatic rings. The predicted octanol–water partition coefficient (Wildman–Crippen LogP) is 1.98. The zero-order valence-electron chi connectivity index (χ0n) is 8.45. The fourth-order valence-electron chi connectivity index (χ4n) is 2.97. The first-order valence-electron chi connectivity index (χ1n) is 5.48. The van der Waals surface area contributed by atoms with E-state index in [1.54, 1.807) is 0 Å². The molecule has 3 rings (SSSR count). The highest BCUT2D eigenvalue weighted by Gasteiger charge is 2.57. The standard InChI is InChI=1S/C11H18O2/c1-7-6-12-10(7)8-3-4-11(2)9(5-8)13-11/h7-10H,3-6H2,1-2H3. The molecule has 0 radical (unpaired) electrons. The van der Waals surface area contributed by atoms with Crippen LogP contribution in [0.25, 0.3) is 0 Å². The van der Waals surface area contributed by atoms with Gasteiger partial charge in [-0.3, -0.25) is 0 Å². The normalized spacial score (nSPS) is 59.5. The summed E-state index contributed by atoms with van der Waals surface area (Å²) >= 11 is 0. The van der Waals surface area contributed by atoms with Gasteiger partial charge < -0.3 is 9.47 Å². The highest BCUT2D eigenvalue weighted by molar-refractivity contribution is 5.05. The van der Waals surface area contributed by atoms with Crippen molar-refractivity contribution in [3.05, 3.63) is 0 Å². The molecule has 0 aromatic heterocycles. The third kappa shape index (κ3) is 1.15. The average molecular weight is 182 g/mol. The van der Waals surface area contributed by atoms with Gasteiger partial charge in [0, 0.05) is 5.92 Å². The van der Waals surface area contributed by atoms with E-state index in [0.29, 0.717) is 12.2 Å². The molecular weight excluding hydrogens is 164 g/mol. The number of hydrogen-bond donors (Lipinski definition) is 0. The van der Waals surface area contributed by atoms with Crippen LogP contribution in [0.4, 0.5) is 0 Å². The fourth-order valence-corrected chi connectivity index (χ4v) is 2.97. The Bertz CT molecular complexity index is 228. The third-order valence-electron chi connectivity index (χ3n) is 4.14. The largest absolute Gasteiger partial charge is 0.377 e. The highest BCUT2D eigenvalue weighted by Crippen LogP contribution is 2.51. The van der Waals surface area contributed by atoms with E-state index >= 15 is 0 Å². The summed E-state index contributed by atoms with van der Waals surface area (Å²) in [6.45, 7) is 5.53. The van der Waals surface area contributed by atoms with Crippen LogP contribution >= 0.6 is 0 Å². The van der Waals surface area contributed by atoms with Gasteiger partial charge >= 0.3 is 0 Å². The second-order valence-corrected chi connectivity index (χ2v) is 5.23. The quantitative estimate of drug-likeness (QED) is 0.578. The summed E-state index contributed by atoms with van der Waals surface area (Å²) in [4.78, 5) is 0. The SMILES string of the molecule is CC1COC1C1CCC2(C)OC2C1. The van der Waals surface area contributed by atoms with Crippen molar-refractivity contribution in [1.82, 2.24) is 0 Å². The molecule has 74 valence electrons. The lowest BCUT2D eigenvalue weighted by molar-refractivity contribution is -0.141. The van der Waals surface area contributed by atoms with E-state index in [-0.39, 0.29) is 5.60 Å². The van der Waals surface area contributed by atoms with Gasteiger partial charge in [0.2, 0.25) is 0 Å². The summed E-state index contributed by atoms with van der Waals surface area (Å²) in [5.41, 5.74) is 0.267. The minimum atomic E-state index is 0.267. The Balaban J connectivity index is 1.62. The van der Waals surface area contributed by atoms with Crippen LogP contribution in [0.15, 0.2) is 0 Å². The number of hydrogen-bond acceptors (Lipinski definition) is 2. The van der Waals surface area contributed by atoms with Crippen LogP contribution < -0.4 is 0 Å². The van der Waals surface area contributed by atoms with Crippen molar-refractivity contribution in [3.63, 3.8) is 0 Å². The van der Waals surface area contributed by atoms with Gasteiger partial charge in [0.15, 0.2) is 0 Å². The van der Waals surface area contributed by atoms with Gasteiger partial charge in [0.1, 0.15) is 0 Å². The van der Waals surface area contributed by atoms with E-state index in [1.807, 2.05) is 0 Å². The Morgan fingerprint density at radius 3 is 2.77 bits per heavy atom. The number of fused-ring (bicyclic) bond motifs is 1. The summed E-state index contributed by atoms with van der Waals surface area (Å²) < 4.78 is 11.3. The Hall–Kier alpha value is -0.0800. The molecule has 2 heteroatoms. The third-order valence-corrected chi connectivity index (χ3v) is 4.14. The van der Waals surface area contributed by atoms with E-state index < -0.39 is 0 Å². The molecule has 5 atom stereocenters. The second kappa shape index (κ2) is 2.48. The van der Waals surface area contributed by atoms with Crippen LogP contribution in [0.5, 0.6) is 0 Å². The molecule has 0 amide bonds. The maximum Gasteiger partial charge on any atom is 0.0920 e. The number of rotatable bonds is 1. The molecule has 13 heavy (non-hydrogen) atoms. The van der Waals surface area contributed by atoms with Crippen molar-refractivity contribution in [1.29, 1.82) is 0 Å². The van der Waals surface area contributed by atoms with E-state index in [1.165, 1.54) is 19.3 Å². The molecule has 5 unspecified atom stereocenters. The molecule has 3 aliphatic rings. The Kier molecular flexibility index (Phi) is 1.58. The van der Waals surface area contributed by atoms with E-state index in [0.717, 1.165) is 18.4 Å². The van der Waals surface area contributed by atoms with Crippen molar-refractivity contribution in [2.45, 2.75) is 50.9 Å². The number of epoxide rings is 1. The van der Waals surface area contributed by atoms with Crippen LogP contribution in [0, 0.1) is 11.8 Å². The molecular formula is C11H18O2. The molecule has 2 nitrogen and oxygen atoms in total. The van der Waals surface area contributed by atoms with E-state index in [4.69, 9.17) is 9.47 Å². The molecule has 1 aliphatic carbocycles. The Labute approximate surface area is 79.6 Å². The van der Waals surface area contributed by atoms with Crippen molar-refractivity contribution >= 4 is 0 Å². The lowest BCUT2D eigenvalue weighted by Gasteiger charge is -2.41. The van der Waals surface area contributed by atoms with Gasteiger partial charge in [0.05, 0.1) is 24.4 Å². The first-order valence-corrected chi connectivity index (χ1v) is 5.48. The monoisotopic (exact) mass is 182 g/mol. The smallest absolute Gasteiger partial charge is 0.0920 e. The molecule has 3 fully saturated rings. The molecule has 0 spiro atoms. The zero-order valence-corrected chi connectivity index (χ0v) is 8.45. The minimum absolute atomic E-state index is 0.267. The molecule has 1 saturated carbocycles. The number of ether oxygens (including phenoxy) is 2. The molecule has 0 bridgehead atoms. The average Bonchev–Trinajstić information content (AvgIpc) is 2.74. The Morgan fingerprint density at radius 1 is 1.38 bits per heavy atom. The van der Waals surface area contributed by atoms with E-state index in [9.17, 15) is 0 Å². The summed E-state index contributed by atoms with van der Waals surface area (Å²) in [7, 11) is 0. The summed E-state index contributed by atoms with van der Waals surface area (Å²) in [6, 6.07) is 0. The van der Waals surface area contributed by atoms with Gasteiger partial charge in [-0.25, -0.2) is 0 Å². The summed E-state index contributed by atoms with van der Waals surface area (Å²) in [6.07, 6.45) is 4.90. The van der Waals surface area contributed by atoms with Gasteiger partial charge in [-0.05, 0) is 32.1 Å². The van der Waals surface area contributed by atoms with Gasteiger partial charge in [-0.2, -0.15) is 0 Å². The second-order valence-electron chi connectivity index (χ2n) is 5.23. The molecule has 2 heterocycles. The zero-order chi connectivity index (χ0) is 9.05.